The minimum absolute atomic E-state index is 0.554. The molecule has 3 aromatic rings. The Morgan fingerprint density at radius 1 is 1.22 bits per heavy atom. The van der Waals surface area contributed by atoms with Crippen LogP contribution in [0.4, 0.5) is 0 Å². The summed E-state index contributed by atoms with van der Waals surface area (Å²) in [5.74, 6) is 0.790. The normalized spacial score (nSPS) is 10.7. The molecule has 0 bridgehead atoms. The molecular weight excluding hydrogens is 228 g/mol. The summed E-state index contributed by atoms with van der Waals surface area (Å²) in [6.07, 6.45) is 4.49. The van der Waals surface area contributed by atoms with E-state index in [9.17, 15) is 4.79 Å². The molecule has 0 aliphatic rings. The van der Waals surface area contributed by atoms with Crippen LogP contribution in [0.2, 0.25) is 0 Å². The van der Waals surface area contributed by atoms with Crippen molar-refractivity contribution in [3.05, 3.63) is 42.4 Å². The standard InChI is InChI=1S/C14H12N2O2/c1-18-14-5-9-2-3-15-13(9)6-12(14)10-4-11(8-17)16-7-10/h2-8,15-16H,1H3. The van der Waals surface area contributed by atoms with Crippen molar-refractivity contribution in [1.82, 2.24) is 9.97 Å². The van der Waals surface area contributed by atoms with Gasteiger partial charge in [-0.2, -0.15) is 0 Å². The van der Waals surface area contributed by atoms with Gasteiger partial charge < -0.3 is 14.7 Å². The fraction of sp³-hybridized carbons (Fsp3) is 0.0714. The van der Waals surface area contributed by atoms with Crippen LogP contribution >= 0.6 is 0 Å². The molecule has 0 radical (unpaired) electrons. The number of hydrogen-bond donors (Lipinski definition) is 2. The minimum Gasteiger partial charge on any atom is -0.496 e. The Balaban J connectivity index is 2.22. The Morgan fingerprint density at radius 2 is 2.11 bits per heavy atom. The van der Waals surface area contributed by atoms with Gasteiger partial charge in [0.15, 0.2) is 6.29 Å². The lowest BCUT2D eigenvalue weighted by Crippen LogP contribution is -1.87. The van der Waals surface area contributed by atoms with Gasteiger partial charge in [-0.15, -0.1) is 0 Å². The molecule has 90 valence electrons. The molecule has 3 rings (SSSR count). The summed E-state index contributed by atoms with van der Waals surface area (Å²) in [6, 6.07) is 7.80. The topological polar surface area (TPSA) is 57.9 Å². The maximum atomic E-state index is 10.7. The van der Waals surface area contributed by atoms with E-state index in [1.54, 1.807) is 19.4 Å². The van der Waals surface area contributed by atoms with Gasteiger partial charge in [-0.25, -0.2) is 0 Å². The highest BCUT2D eigenvalue weighted by molar-refractivity contribution is 5.89. The molecule has 0 saturated heterocycles. The summed E-state index contributed by atoms with van der Waals surface area (Å²) in [5.41, 5.74) is 3.49. The van der Waals surface area contributed by atoms with Crippen LogP contribution < -0.4 is 4.74 Å². The van der Waals surface area contributed by atoms with Gasteiger partial charge in [0.1, 0.15) is 5.75 Å². The van der Waals surface area contributed by atoms with Gasteiger partial charge in [-0.1, -0.05) is 0 Å². The van der Waals surface area contributed by atoms with Crippen LogP contribution in [-0.2, 0) is 0 Å². The maximum Gasteiger partial charge on any atom is 0.166 e. The Morgan fingerprint density at radius 3 is 2.83 bits per heavy atom. The van der Waals surface area contributed by atoms with Crippen molar-refractivity contribution >= 4 is 17.2 Å². The highest BCUT2D eigenvalue weighted by Gasteiger charge is 2.10. The van der Waals surface area contributed by atoms with E-state index in [2.05, 4.69) is 9.97 Å². The first-order valence-corrected chi connectivity index (χ1v) is 5.61. The Bertz CT molecular complexity index is 709. The van der Waals surface area contributed by atoms with Gasteiger partial charge >= 0.3 is 0 Å². The van der Waals surface area contributed by atoms with Crippen LogP contribution in [0.25, 0.3) is 22.0 Å². The number of nitrogens with one attached hydrogen (secondary N) is 2. The lowest BCUT2D eigenvalue weighted by Gasteiger charge is -2.07. The summed E-state index contributed by atoms with van der Waals surface area (Å²) >= 11 is 0. The summed E-state index contributed by atoms with van der Waals surface area (Å²) in [5, 5.41) is 1.10. The number of aromatic nitrogens is 2. The monoisotopic (exact) mass is 240 g/mol. The van der Waals surface area contributed by atoms with Crippen molar-refractivity contribution in [2.75, 3.05) is 7.11 Å². The zero-order chi connectivity index (χ0) is 12.5. The highest BCUT2D eigenvalue weighted by Crippen LogP contribution is 2.33. The van der Waals surface area contributed by atoms with E-state index >= 15 is 0 Å². The second kappa shape index (κ2) is 4.07. The number of ether oxygens (including phenoxy) is 1. The molecule has 2 N–H and O–H groups in total. The first-order chi connectivity index (χ1) is 8.81. The molecule has 2 heterocycles. The number of hydrogen-bond acceptors (Lipinski definition) is 2. The van der Waals surface area contributed by atoms with E-state index in [-0.39, 0.29) is 0 Å². The molecule has 0 saturated carbocycles. The van der Waals surface area contributed by atoms with Gasteiger partial charge in [-0.05, 0) is 24.3 Å². The van der Waals surface area contributed by atoms with Crippen molar-refractivity contribution in [1.29, 1.82) is 0 Å². The smallest absolute Gasteiger partial charge is 0.166 e. The summed E-state index contributed by atoms with van der Waals surface area (Å²) in [7, 11) is 1.64. The molecule has 0 unspecified atom stereocenters. The molecule has 2 aromatic heterocycles. The average molecular weight is 240 g/mol. The average Bonchev–Trinajstić information content (AvgIpc) is 3.05. The first kappa shape index (κ1) is 10.7. The van der Waals surface area contributed by atoms with Gasteiger partial charge in [-0.3, -0.25) is 4.79 Å². The van der Waals surface area contributed by atoms with E-state index in [1.807, 2.05) is 24.4 Å². The van der Waals surface area contributed by atoms with Crippen molar-refractivity contribution in [3.63, 3.8) is 0 Å². The van der Waals surface area contributed by atoms with Crippen LogP contribution in [0.3, 0.4) is 0 Å². The quantitative estimate of drug-likeness (QED) is 0.691. The zero-order valence-electron chi connectivity index (χ0n) is 9.86. The summed E-state index contributed by atoms with van der Waals surface area (Å²) in [6.45, 7) is 0. The molecule has 0 spiro atoms. The lowest BCUT2D eigenvalue weighted by atomic mass is 10.1. The van der Waals surface area contributed by atoms with Crippen molar-refractivity contribution < 1.29 is 9.53 Å². The number of methoxy groups -OCH3 is 1. The van der Waals surface area contributed by atoms with Gasteiger partial charge in [0.05, 0.1) is 12.8 Å². The van der Waals surface area contributed by atoms with Crippen LogP contribution in [0.1, 0.15) is 10.5 Å². The molecule has 0 amide bonds. The van der Waals surface area contributed by atoms with Gasteiger partial charge in [0, 0.05) is 34.4 Å². The number of benzene rings is 1. The van der Waals surface area contributed by atoms with Crippen LogP contribution in [0.15, 0.2) is 36.7 Å². The number of aromatic amines is 2. The fourth-order valence-electron chi connectivity index (χ4n) is 2.11. The minimum atomic E-state index is 0.554. The number of aldehydes is 1. The van der Waals surface area contributed by atoms with Gasteiger partial charge in [0.2, 0.25) is 0 Å². The SMILES string of the molecule is COc1cc2cc[nH]c2cc1-c1c[nH]c(C=O)c1. The van der Waals surface area contributed by atoms with E-state index < -0.39 is 0 Å². The van der Waals surface area contributed by atoms with E-state index in [1.165, 1.54) is 0 Å². The molecule has 4 nitrogen and oxygen atoms in total. The summed E-state index contributed by atoms with van der Waals surface area (Å²) in [4.78, 5) is 16.8. The van der Waals surface area contributed by atoms with Crippen LogP contribution in [0, 0.1) is 0 Å². The molecule has 1 aromatic carbocycles. The highest BCUT2D eigenvalue weighted by atomic mass is 16.5. The predicted molar refractivity (Wildman–Crippen MR) is 70.0 cm³/mol. The van der Waals surface area contributed by atoms with Crippen LogP contribution in [0.5, 0.6) is 5.75 Å². The molecule has 0 fully saturated rings. The third-order valence-electron chi connectivity index (χ3n) is 3.02. The van der Waals surface area contributed by atoms with Crippen molar-refractivity contribution in [3.8, 4) is 16.9 Å². The first-order valence-electron chi connectivity index (χ1n) is 5.61. The Labute approximate surface area is 104 Å². The Hall–Kier alpha value is -2.49. The van der Waals surface area contributed by atoms with E-state index in [0.29, 0.717) is 5.69 Å². The second-order valence-corrected chi connectivity index (χ2v) is 4.08. The number of fused-ring (bicyclic) bond motifs is 1. The van der Waals surface area contributed by atoms with E-state index in [4.69, 9.17) is 4.74 Å². The molecule has 4 heteroatoms. The molecule has 0 aliphatic carbocycles. The number of carbonyl (C=O) groups is 1. The lowest BCUT2D eigenvalue weighted by molar-refractivity contribution is 0.111. The Kier molecular flexibility index (Phi) is 2.41. The molecular formula is C14H12N2O2. The number of H-pyrrole nitrogens is 2. The third-order valence-corrected chi connectivity index (χ3v) is 3.02. The van der Waals surface area contributed by atoms with Crippen LogP contribution in [-0.4, -0.2) is 23.4 Å². The maximum absolute atomic E-state index is 10.7. The largest absolute Gasteiger partial charge is 0.496 e. The fourth-order valence-corrected chi connectivity index (χ4v) is 2.11. The van der Waals surface area contributed by atoms with E-state index in [0.717, 1.165) is 34.1 Å². The molecule has 0 aliphatic heterocycles. The second-order valence-electron chi connectivity index (χ2n) is 4.08. The predicted octanol–water partition coefficient (Wildman–Crippen LogP) is 2.98. The third kappa shape index (κ3) is 1.59. The molecule has 0 atom stereocenters. The number of rotatable bonds is 3. The van der Waals surface area contributed by atoms with Crippen molar-refractivity contribution in [2.45, 2.75) is 0 Å². The molecule has 18 heavy (non-hydrogen) atoms. The zero-order valence-corrected chi connectivity index (χ0v) is 9.86. The number of carbonyl (C=O) groups excluding carboxylic acids is 1. The van der Waals surface area contributed by atoms with Gasteiger partial charge in [0.25, 0.3) is 0 Å². The van der Waals surface area contributed by atoms with Crippen molar-refractivity contribution in [2.24, 2.45) is 0 Å². The summed E-state index contributed by atoms with van der Waals surface area (Å²) < 4.78 is 5.40.